The molecular formula is C18H31FO. The van der Waals surface area contributed by atoms with Crippen LogP contribution < -0.4 is 0 Å². The van der Waals surface area contributed by atoms with Crippen LogP contribution in [0.25, 0.3) is 0 Å². The average molecular weight is 282 g/mol. The van der Waals surface area contributed by atoms with Crippen molar-refractivity contribution in [2.24, 2.45) is 23.7 Å². The van der Waals surface area contributed by atoms with Crippen molar-refractivity contribution in [1.29, 1.82) is 0 Å². The van der Waals surface area contributed by atoms with Gasteiger partial charge in [0, 0.05) is 13.7 Å². The van der Waals surface area contributed by atoms with Gasteiger partial charge in [-0.2, -0.15) is 0 Å². The lowest BCUT2D eigenvalue weighted by molar-refractivity contribution is 0.0928. The van der Waals surface area contributed by atoms with Crippen molar-refractivity contribution >= 4 is 0 Å². The molecule has 0 atom stereocenters. The molecule has 0 N–H and O–H groups in total. The molecule has 0 saturated heterocycles. The summed E-state index contributed by atoms with van der Waals surface area (Å²) in [7, 11) is 1.82. The summed E-state index contributed by atoms with van der Waals surface area (Å²) in [5.74, 6) is 3.63. The van der Waals surface area contributed by atoms with E-state index in [0.29, 0.717) is 6.33 Å². The third-order valence-electron chi connectivity index (χ3n) is 5.68. The molecule has 0 aromatic heterocycles. The molecule has 0 spiro atoms. The summed E-state index contributed by atoms with van der Waals surface area (Å²) >= 11 is 0. The first-order chi connectivity index (χ1) is 9.83. The lowest BCUT2D eigenvalue weighted by Gasteiger charge is -2.37. The van der Waals surface area contributed by atoms with Crippen LogP contribution in [0.4, 0.5) is 4.39 Å². The summed E-state index contributed by atoms with van der Waals surface area (Å²) in [6, 6.07) is 0. The molecule has 1 nitrogen and oxygen atoms in total. The Bertz CT molecular complexity index is 273. The molecule has 2 aliphatic rings. The predicted octanol–water partition coefficient (Wildman–Crippen LogP) is 5.51. The van der Waals surface area contributed by atoms with Crippen LogP contribution in [-0.4, -0.2) is 13.7 Å². The van der Waals surface area contributed by atoms with E-state index in [1.165, 1.54) is 57.8 Å². The van der Waals surface area contributed by atoms with Crippen LogP contribution in [0, 0.1) is 23.7 Å². The van der Waals surface area contributed by atoms with Crippen molar-refractivity contribution in [3.8, 4) is 0 Å². The highest BCUT2D eigenvalue weighted by Crippen LogP contribution is 2.42. The van der Waals surface area contributed by atoms with Gasteiger partial charge in [-0.3, -0.25) is 0 Å². The molecule has 0 bridgehead atoms. The van der Waals surface area contributed by atoms with Gasteiger partial charge in [0.1, 0.15) is 0 Å². The Morgan fingerprint density at radius 3 is 1.95 bits per heavy atom. The Morgan fingerprint density at radius 2 is 1.45 bits per heavy atom. The molecule has 2 aliphatic carbocycles. The maximum atomic E-state index is 11.9. The molecule has 0 aliphatic heterocycles. The highest BCUT2D eigenvalue weighted by molar-refractivity contribution is 4.83. The summed E-state index contributed by atoms with van der Waals surface area (Å²) in [4.78, 5) is 0. The smallest absolute Gasteiger partial charge is 0.0827 e. The fourth-order valence-electron chi connectivity index (χ4n) is 4.41. The Kier molecular flexibility index (Phi) is 7.06. The third-order valence-corrected chi connectivity index (χ3v) is 5.68. The van der Waals surface area contributed by atoms with E-state index in [-0.39, 0.29) is 0 Å². The van der Waals surface area contributed by atoms with Crippen LogP contribution in [0.2, 0.25) is 0 Å². The zero-order valence-corrected chi connectivity index (χ0v) is 13.0. The monoisotopic (exact) mass is 282 g/mol. The Labute approximate surface area is 124 Å². The summed E-state index contributed by atoms with van der Waals surface area (Å²) in [5, 5.41) is 0. The molecule has 20 heavy (non-hydrogen) atoms. The molecule has 0 aromatic rings. The van der Waals surface area contributed by atoms with Gasteiger partial charge in [0.15, 0.2) is 0 Å². The van der Waals surface area contributed by atoms with Gasteiger partial charge in [0.05, 0.1) is 6.33 Å². The molecule has 116 valence electrons. The minimum absolute atomic E-state index is 0.699. The van der Waals surface area contributed by atoms with Crippen LogP contribution in [0.1, 0.15) is 64.2 Å². The van der Waals surface area contributed by atoms with E-state index >= 15 is 0 Å². The standard InChI is InChI=1S/C18H31FO/c1-20-14-16-7-11-18(12-8-16)17-9-5-15(6-10-17)4-2-3-13-19/h3,13,15-18H,2,4-12,14H2,1H3. The number of rotatable bonds is 6. The quantitative estimate of drug-likeness (QED) is 0.624. The topological polar surface area (TPSA) is 9.23 Å². The van der Waals surface area contributed by atoms with Crippen molar-refractivity contribution in [2.45, 2.75) is 64.2 Å². The van der Waals surface area contributed by atoms with E-state index in [0.717, 1.165) is 36.7 Å². The number of ether oxygens (including phenoxy) is 1. The first-order valence-electron chi connectivity index (χ1n) is 8.57. The summed E-state index contributed by atoms with van der Waals surface area (Å²) < 4.78 is 17.2. The zero-order valence-electron chi connectivity index (χ0n) is 13.0. The largest absolute Gasteiger partial charge is 0.384 e. The lowest BCUT2D eigenvalue weighted by atomic mass is 9.69. The molecule has 2 fully saturated rings. The maximum absolute atomic E-state index is 11.9. The van der Waals surface area contributed by atoms with Gasteiger partial charge in [-0.15, -0.1) is 0 Å². The Morgan fingerprint density at radius 1 is 0.900 bits per heavy atom. The van der Waals surface area contributed by atoms with Crippen LogP contribution in [0.5, 0.6) is 0 Å². The van der Waals surface area contributed by atoms with Crippen LogP contribution in [-0.2, 0) is 4.74 Å². The van der Waals surface area contributed by atoms with E-state index in [2.05, 4.69) is 0 Å². The number of allylic oxidation sites excluding steroid dienone is 1. The first kappa shape index (κ1) is 16.0. The zero-order chi connectivity index (χ0) is 14.2. The third kappa shape index (κ3) is 4.87. The molecule has 2 rings (SSSR count). The van der Waals surface area contributed by atoms with E-state index in [9.17, 15) is 4.39 Å². The minimum Gasteiger partial charge on any atom is -0.384 e. The van der Waals surface area contributed by atoms with Gasteiger partial charge in [0.25, 0.3) is 0 Å². The number of hydrogen-bond acceptors (Lipinski definition) is 1. The van der Waals surface area contributed by atoms with Gasteiger partial charge in [-0.05, 0) is 75.0 Å². The fraction of sp³-hybridized carbons (Fsp3) is 0.889. The molecule has 2 saturated carbocycles. The molecule has 0 aromatic carbocycles. The number of halogens is 1. The van der Waals surface area contributed by atoms with Gasteiger partial charge >= 0.3 is 0 Å². The summed E-state index contributed by atoms with van der Waals surface area (Å²) in [5.41, 5.74) is 0. The molecule has 0 heterocycles. The molecule has 0 radical (unpaired) electrons. The van der Waals surface area contributed by atoms with Crippen LogP contribution in [0.15, 0.2) is 12.4 Å². The van der Waals surface area contributed by atoms with E-state index in [1.54, 1.807) is 6.08 Å². The molecule has 0 amide bonds. The van der Waals surface area contributed by atoms with Gasteiger partial charge in [0.2, 0.25) is 0 Å². The van der Waals surface area contributed by atoms with Gasteiger partial charge in [-0.1, -0.05) is 18.9 Å². The Balaban J connectivity index is 1.64. The SMILES string of the molecule is COCC1CCC(C2CCC(CCC=CF)CC2)CC1. The van der Waals surface area contributed by atoms with Crippen molar-refractivity contribution in [2.75, 3.05) is 13.7 Å². The minimum atomic E-state index is 0.699. The van der Waals surface area contributed by atoms with Crippen LogP contribution in [0.3, 0.4) is 0 Å². The molecular weight excluding hydrogens is 251 g/mol. The van der Waals surface area contributed by atoms with Crippen LogP contribution >= 0.6 is 0 Å². The molecule has 2 heteroatoms. The highest BCUT2D eigenvalue weighted by Gasteiger charge is 2.30. The maximum Gasteiger partial charge on any atom is 0.0827 e. The summed E-state index contributed by atoms with van der Waals surface area (Å²) in [6.45, 7) is 0.960. The fourth-order valence-corrected chi connectivity index (χ4v) is 4.41. The van der Waals surface area contributed by atoms with E-state index in [1.807, 2.05) is 7.11 Å². The number of methoxy groups -OCH3 is 1. The molecule has 0 unspecified atom stereocenters. The highest BCUT2D eigenvalue weighted by atomic mass is 19.1. The predicted molar refractivity (Wildman–Crippen MR) is 82.3 cm³/mol. The second kappa shape index (κ2) is 8.81. The van der Waals surface area contributed by atoms with Gasteiger partial charge < -0.3 is 4.74 Å². The Hall–Kier alpha value is -0.370. The number of hydrogen-bond donors (Lipinski definition) is 0. The first-order valence-corrected chi connectivity index (χ1v) is 8.57. The van der Waals surface area contributed by atoms with Crippen molar-refractivity contribution in [3.05, 3.63) is 12.4 Å². The van der Waals surface area contributed by atoms with Crippen molar-refractivity contribution in [3.63, 3.8) is 0 Å². The normalized spacial score (nSPS) is 35.5. The van der Waals surface area contributed by atoms with E-state index in [4.69, 9.17) is 4.74 Å². The van der Waals surface area contributed by atoms with Gasteiger partial charge in [-0.25, -0.2) is 4.39 Å². The lowest BCUT2D eigenvalue weighted by Crippen LogP contribution is -2.27. The van der Waals surface area contributed by atoms with Crippen molar-refractivity contribution < 1.29 is 9.13 Å². The average Bonchev–Trinajstić information content (AvgIpc) is 2.49. The summed E-state index contributed by atoms with van der Waals surface area (Å²) in [6.07, 6.45) is 15.7. The van der Waals surface area contributed by atoms with Crippen molar-refractivity contribution in [1.82, 2.24) is 0 Å². The van der Waals surface area contributed by atoms with E-state index < -0.39 is 0 Å². The second-order valence-corrected chi connectivity index (χ2v) is 6.96. The second-order valence-electron chi connectivity index (χ2n) is 6.96.